The predicted molar refractivity (Wildman–Crippen MR) is 78.8 cm³/mol. The van der Waals surface area contributed by atoms with Gasteiger partial charge in [0.2, 0.25) is 0 Å². The lowest BCUT2D eigenvalue weighted by molar-refractivity contribution is -0.141. The number of nitrogens with one attached hydrogen (secondary N) is 1. The van der Waals surface area contributed by atoms with Gasteiger partial charge in [-0.2, -0.15) is 5.26 Å². The van der Waals surface area contributed by atoms with Crippen LogP contribution in [0.15, 0.2) is 30.5 Å². The van der Waals surface area contributed by atoms with Crippen molar-refractivity contribution in [2.45, 2.75) is 25.3 Å². The van der Waals surface area contributed by atoms with Crippen molar-refractivity contribution < 1.29 is 9.90 Å². The summed E-state index contributed by atoms with van der Waals surface area (Å²) in [4.78, 5) is 15.6. The third kappa shape index (κ3) is 2.40. The molecule has 0 saturated heterocycles. The second kappa shape index (κ2) is 5.41. The summed E-state index contributed by atoms with van der Waals surface area (Å²) in [6.07, 6.45) is 3.91. The molecule has 1 fully saturated rings. The van der Waals surface area contributed by atoms with Crippen molar-refractivity contribution >= 4 is 22.6 Å². The SMILES string of the molecule is N#Cc1cnc2ccccc2c1NC1CCCC1C(=O)O. The normalized spacial score (nSPS) is 21.1. The Morgan fingerprint density at radius 2 is 2.19 bits per heavy atom. The average molecular weight is 281 g/mol. The molecule has 1 aromatic heterocycles. The van der Waals surface area contributed by atoms with E-state index in [1.807, 2.05) is 24.3 Å². The molecule has 1 saturated carbocycles. The van der Waals surface area contributed by atoms with E-state index in [-0.39, 0.29) is 6.04 Å². The number of anilines is 1. The number of aromatic nitrogens is 1. The molecule has 1 heterocycles. The summed E-state index contributed by atoms with van der Waals surface area (Å²) in [6.45, 7) is 0. The quantitative estimate of drug-likeness (QED) is 0.903. The number of hydrogen-bond donors (Lipinski definition) is 2. The van der Waals surface area contributed by atoms with Gasteiger partial charge in [-0.25, -0.2) is 0 Å². The van der Waals surface area contributed by atoms with Crippen LogP contribution in [0.25, 0.3) is 10.9 Å². The molecule has 21 heavy (non-hydrogen) atoms. The number of aliphatic carboxylic acids is 1. The maximum atomic E-state index is 11.3. The summed E-state index contributed by atoms with van der Waals surface area (Å²) < 4.78 is 0. The van der Waals surface area contributed by atoms with Crippen molar-refractivity contribution in [1.29, 1.82) is 5.26 Å². The molecule has 1 aliphatic rings. The molecule has 0 radical (unpaired) electrons. The van der Waals surface area contributed by atoms with E-state index in [1.54, 1.807) is 0 Å². The fourth-order valence-electron chi connectivity index (χ4n) is 3.00. The molecule has 0 amide bonds. The third-order valence-electron chi connectivity index (χ3n) is 4.06. The first-order valence-corrected chi connectivity index (χ1v) is 6.98. The van der Waals surface area contributed by atoms with Gasteiger partial charge in [-0.3, -0.25) is 9.78 Å². The van der Waals surface area contributed by atoms with Gasteiger partial charge < -0.3 is 10.4 Å². The van der Waals surface area contributed by atoms with Crippen LogP contribution in [0.4, 0.5) is 5.69 Å². The van der Waals surface area contributed by atoms with Crippen LogP contribution < -0.4 is 5.32 Å². The second-order valence-electron chi connectivity index (χ2n) is 5.30. The van der Waals surface area contributed by atoms with Crippen molar-refractivity contribution in [3.63, 3.8) is 0 Å². The standard InChI is InChI=1S/C16H15N3O2/c17-8-10-9-18-13-6-2-1-4-11(13)15(10)19-14-7-3-5-12(14)16(20)21/h1-2,4,6,9,12,14H,3,5,7H2,(H,18,19)(H,20,21). The number of carbonyl (C=O) groups is 1. The summed E-state index contributed by atoms with van der Waals surface area (Å²) in [5.41, 5.74) is 1.94. The van der Waals surface area contributed by atoms with Crippen LogP contribution in [0.3, 0.4) is 0 Å². The van der Waals surface area contributed by atoms with Gasteiger partial charge >= 0.3 is 5.97 Å². The molecule has 0 spiro atoms. The maximum absolute atomic E-state index is 11.3. The Labute approximate surface area is 122 Å². The van der Waals surface area contributed by atoms with E-state index >= 15 is 0 Å². The molecule has 2 N–H and O–H groups in total. The molecule has 2 atom stereocenters. The van der Waals surface area contributed by atoms with E-state index in [0.717, 1.165) is 23.7 Å². The van der Waals surface area contributed by atoms with E-state index in [4.69, 9.17) is 0 Å². The number of rotatable bonds is 3. The van der Waals surface area contributed by atoms with E-state index in [2.05, 4.69) is 16.4 Å². The zero-order valence-corrected chi connectivity index (χ0v) is 11.4. The highest BCUT2D eigenvalue weighted by Crippen LogP contribution is 2.32. The smallest absolute Gasteiger partial charge is 0.308 e. The van der Waals surface area contributed by atoms with Gasteiger partial charge in [-0.15, -0.1) is 0 Å². The third-order valence-corrected chi connectivity index (χ3v) is 4.06. The minimum atomic E-state index is -0.776. The monoisotopic (exact) mass is 281 g/mol. The van der Waals surface area contributed by atoms with Crippen molar-refractivity contribution in [3.05, 3.63) is 36.0 Å². The van der Waals surface area contributed by atoms with Gasteiger partial charge in [0.15, 0.2) is 0 Å². The largest absolute Gasteiger partial charge is 0.481 e. The summed E-state index contributed by atoms with van der Waals surface area (Å²) in [6, 6.07) is 9.55. The molecule has 5 heteroatoms. The zero-order chi connectivity index (χ0) is 14.8. The Kier molecular flexibility index (Phi) is 3.44. The highest BCUT2D eigenvalue weighted by atomic mass is 16.4. The van der Waals surface area contributed by atoms with Crippen molar-refractivity contribution in [2.75, 3.05) is 5.32 Å². The van der Waals surface area contributed by atoms with Gasteiger partial charge in [0.25, 0.3) is 0 Å². The molecule has 2 aromatic rings. The number of nitriles is 1. The molecule has 106 valence electrons. The minimum Gasteiger partial charge on any atom is -0.481 e. The number of hydrogen-bond acceptors (Lipinski definition) is 4. The fourth-order valence-corrected chi connectivity index (χ4v) is 3.00. The lowest BCUT2D eigenvalue weighted by Crippen LogP contribution is -2.30. The molecule has 2 unspecified atom stereocenters. The van der Waals surface area contributed by atoms with Crippen LogP contribution in [-0.4, -0.2) is 22.1 Å². The second-order valence-corrected chi connectivity index (χ2v) is 5.30. The summed E-state index contributed by atoms with van der Waals surface area (Å²) in [7, 11) is 0. The number of pyridine rings is 1. The number of para-hydroxylation sites is 1. The number of nitrogens with zero attached hydrogens (tertiary/aromatic N) is 2. The number of fused-ring (bicyclic) bond motifs is 1. The van der Waals surface area contributed by atoms with E-state index in [0.29, 0.717) is 17.7 Å². The molecule has 3 rings (SSSR count). The van der Waals surface area contributed by atoms with Crippen LogP contribution in [-0.2, 0) is 4.79 Å². The van der Waals surface area contributed by atoms with Gasteiger partial charge in [-0.05, 0) is 18.9 Å². The van der Waals surface area contributed by atoms with E-state index < -0.39 is 11.9 Å². The van der Waals surface area contributed by atoms with Gasteiger partial charge in [0.05, 0.1) is 22.7 Å². The van der Waals surface area contributed by atoms with Gasteiger partial charge in [0.1, 0.15) is 6.07 Å². The Morgan fingerprint density at radius 3 is 2.95 bits per heavy atom. The van der Waals surface area contributed by atoms with Crippen LogP contribution in [0.1, 0.15) is 24.8 Å². The van der Waals surface area contributed by atoms with Crippen LogP contribution in [0, 0.1) is 17.2 Å². The van der Waals surface area contributed by atoms with Crippen LogP contribution in [0.2, 0.25) is 0 Å². The first-order valence-electron chi connectivity index (χ1n) is 6.98. The Balaban J connectivity index is 2.03. The molecule has 1 aromatic carbocycles. The zero-order valence-electron chi connectivity index (χ0n) is 11.4. The minimum absolute atomic E-state index is 0.139. The number of carboxylic acids is 1. The van der Waals surface area contributed by atoms with Crippen molar-refractivity contribution in [1.82, 2.24) is 4.98 Å². The van der Waals surface area contributed by atoms with Gasteiger partial charge in [-0.1, -0.05) is 24.6 Å². The van der Waals surface area contributed by atoms with Gasteiger partial charge in [0, 0.05) is 17.6 Å². The lowest BCUT2D eigenvalue weighted by atomic mass is 10.0. The van der Waals surface area contributed by atoms with Crippen LogP contribution >= 0.6 is 0 Å². The molecule has 5 nitrogen and oxygen atoms in total. The fraction of sp³-hybridized carbons (Fsp3) is 0.312. The topological polar surface area (TPSA) is 86.0 Å². The maximum Gasteiger partial charge on any atom is 0.308 e. The van der Waals surface area contributed by atoms with Crippen molar-refractivity contribution in [2.24, 2.45) is 5.92 Å². The van der Waals surface area contributed by atoms with E-state index in [1.165, 1.54) is 6.20 Å². The Bertz CT molecular complexity index is 736. The van der Waals surface area contributed by atoms with Crippen molar-refractivity contribution in [3.8, 4) is 6.07 Å². The Morgan fingerprint density at radius 1 is 1.38 bits per heavy atom. The highest BCUT2D eigenvalue weighted by Gasteiger charge is 2.33. The Hall–Kier alpha value is -2.61. The molecular weight excluding hydrogens is 266 g/mol. The van der Waals surface area contributed by atoms with E-state index in [9.17, 15) is 15.2 Å². The average Bonchev–Trinajstić information content (AvgIpc) is 2.96. The lowest BCUT2D eigenvalue weighted by Gasteiger charge is -2.20. The summed E-state index contributed by atoms with van der Waals surface area (Å²) >= 11 is 0. The first-order chi connectivity index (χ1) is 10.2. The molecule has 1 aliphatic carbocycles. The summed E-state index contributed by atoms with van der Waals surface area (Å²) in [5.74, 6) is -1.18. The number of carboxylic acid groups (broad SMARTS) is 1. The molecule has 0 aliphatic heterocycles. The molecular formula is C16H15N3O2. The highest BCUT2D eigenvalue weighted by molar-refractivity contribution is 5.94. The van der Waals surface area contributed by atoms with Crippen LogP contribution in [0.5, 0.6) is 0 Å². The first kappa shape index (κ1) is 13.4. The number of benzene rings is 1. The predicted octanol–water partition coefficient (Wildman–Crippen LogP) is 2.77. The molecule has 0 bridgehead atoms. The summed E-state index contributed by atoms with van der Waals surface area (Å²) in [5, 5.41) is 22.7.